The minimum atomic E-state index is 0.0225. The van der Waals surface area contributed by atoms with Gasteiger partial charge in [0.25, 0.3) is 0 Å². The molecule has 0 aliphatic carbocycles. The van der Waals surface area contributed by atoms with Crippen LogP contribution in [0.5, 0.6) is 0 Å². The quantitative estimate of drug-likeness (QED) is 0.400. The maximum absolute atomic E-state index is 13.2. The Kier molecular flexibility index (Phi) is 6.35. The van der Waals surface area contributed by atoms with Crippen LogP contribution in [0.15, 0.2) is 71.5 Å². The second-order valence-electron chi connectivity index (χ2n) is 8.16. The molecule has 2 aromatic carbocycles. The SMILES string of the molecule is Cc1cc(-c2nc(-c3ccccc3)n(CC(=O)N3CCN(c4ncccn4)CC3)n2)ccc1Br. The summed E-state index contributed by atoms with van der Waals surface area (Å²) in [5, 5.41) is 4.74. The lowest BCUT2D eigenvalue weighted by molar-refractivity contribution is -0.132. The van der Waals surface area contributed by atoms with Crippen molar-refractivity contribution in [3.63, 3.8) is 0 Å². The van der Waals surface area contributed by atoms with Crippen molar-refractivity contribution in [1.29, 1.82) is 0 Å². The Morgan fingerprint density at radius 2 is 1.68 bits per heavy atom. The first kappa shape index (κ1) is 22.2. The van der Waals surface area contributed by atoms with Gasteiger partial charge in [-0.15, -0.1) is 5.10 Å². The van der Waals surface area contributed by atoms with Gasteiger partial charge in [-0.2, -0.15) is 0 Å². The van der Waals surface area contributed by atoms with E-state index in [-0.39, 0.29) is 12.5 Å². The molecular formula is C25H24BrN7O. The van der Waals surface area contributed by atoms with Crippen LogP contribution >= 0.6 is 15.9 Å². The summed E-state index contributed by atoms with van der Waals surface area (Å²) in [4.78, 5) is 30.6. The molecule has 0 spiro atoms. The lowest BCUT2D eigenvalue weighted by atomic mass is 10.1. The molecule has 3 heterocycles. The standard InChI is InChI=1S/C25H24BrN7O/c1-18-16-20(8-9-21(18)26)23-29-24(19-6-3-2-4-7-19)33(30-23)17-22(34)31-12-14-32(15-13-31)25-27-10-5-11-28-25/h2-11,16H,12-15,17H2,1H3. The van der Waals surface area contributed by atoms with Gasteiger partial charge in [0.1, 0.15) is 6.54 Å². The second-order valence-corrected chi connectivity index (χ2v) is 9.02. The second kappa shape index (κ2) is 9.72. The van der Waals surface area contributed by atoms with Gasteiger partial charge in [-0.1, -0.05) is 46.3 Å². The molecule has 1 amide bonds. The van der Waals surface area contributed by atoms with E-state index in [9.17, 15) is 4.79 Å². The number of hydrogen-bond donors (Lipinski definition) is 0. The Morgan fingerprint density at radius 1 is 0.941 bits per heavy atom. The number of anilines is 1. The highest BCUT2D eigenvalue weighted by Gasteiger charge is 2.24. The van der Waals surface area contributed by atoms with Gasteiger partial charge in [0.05, 0.1) is 0 Å². The Labute approximate surface area is 206 Å². The molecule has 0 unspecified atom stereocenters. The van der Waals surface area contributed by atoms with Crippen molar-refractivity contribution in [3.8, 4) is 22.8 Å². The van der Waals surface area contributed by atoms with E-state index in [1.807, 2.05) is 60.4 Å². The summed E-state index contributed by atoms with van der Waals surface area (Å²) in [7, 11) is 0. The fourth-order valence-corrected chi connectivity index (χ4v) is 4.24. The lowest BCUT2D eigenvalue weighted by Gasteiger charge is -2.34. The van der Waals surface area contributed by atoms with Gasteiger partial charge >= 0.3 is 0 Å². The Balaban J connectivity index is 1.36. The summed E-state index contributed by atoms with van der Waals surface area (Å²) >= 11 is 3.55. The molecule has 9 heteroatoms. The van der Waals surface area contributed by atoms with Crippen LogP contribution in [0.2, 0.25) is 0 Å². The zero-order valence-electron chi connectivity index (χ0n) is 18.8. The number of aryl methyl sites for hydroxylation is 1. The van der Waals surface area contributed by atoms with Crippen LogP contribution in [0.4, 0.5) is 5.95 Å². The maximum atomic E-state index is 13.2. The summed E-state index contributed by atoms with van der Waals surface area (Å²) < 4.78 is 2.76. The molecule has 1 saturated heterocycles. The number of hydrogen-bond acceptors (Lipinski definition) is 6. The number of piperazine rings is 1. The van der Waals surface area contributed by atoms with Crippen molar-refractivity contribution in [3.05, 3.63) is 77.0 Å². The van der Waals surface area contributed by atoms with Crippen molar-refractivity contribution >= 4 is 27.8 Å². The van der Waals surface area contributed by atoms with Crippen molar-refractivity contribution in [1.82, 2.24) is 29.6 Å². The molecule has 34 heavy (non-hydrogen) atoms. The first-order valence-corrected chi connectivity index (χ1v) is 11.9. The van der Waals surface area contributed by atoms with Crippen LogP contribution < -0.4 is 4.90 Å². The molecule has 0 saturated carbocycles. The third-order valence-corrected chi connectivity index (χ3v) is 6.76. The fourth-order valence-electron chi connectivity index (χ4n) is 4.00. The molecule has 2 aromatic heterocycles. The van der Waals surface area contributed by atoms with Crippen molar-refractivity contribution in [2.75, 3.05) is 31.1 Å². The summed E-state index contributed by atoms with van der Waals surface area (Å²) in [6.07, 6.45) is 3.47. The number of carbonyl (C=O) groups excluding carboxylic acids is 1. The van der Waals surface area contributed by atoms with Gasteiger partial charge in [-0.3, -0.25) is 4.79 Å². The van der Waals surface area contributed by atoms with Gasteiger partial charge in [0, 0.05) is 54.2 Å². The zero-order valence-corrected chi connectivity index (χ0v) is 20.4. The minimum absolute atomic E-state index is 0.0225. The molecule has 4 aromatic rings. The van der Waals surface area contributed by atoms with E-state index >= 15 is 0 Å². The predicted octanol–water partition coefficient (Wildman–Crippen LogP) is 3.82. The van der Waals surface area contributed by atoms with E-state index in [0.29, 0.717) is 43.8 Å². The highest BCUT2D eigenvalue weighted by molar-refractivity contribution is 9.10. The average Bonchev–Trinajstić information content (AvgIpc) is 3.30. The third kappa shape index (κ3) is 4.70. The average molecular weight is 518 g/mol. The molecule has 1 aliphatic rings. The van der Waals surface area contributed by atoms with Crippen molar-refractivity contribution in [2.45, 2.75) is 13.5 Å². The van der Waals surface area contributed by atoms with Gasteiger partial charge < -0.3 is 9.80 Å². The van der Waals surface area contributed by atoms with E-state index < -0.39 is 0 Å². The highest BCUT2D eigenvalue weighted by atomic mass is 79.9. The van der Waals surface area contributed by atoms with Crippen LogP contribution in [0.25, 0.3) is 22.8 Å². The fraction of sp³-hybridized carbons (Fsp3) is 0.240. The normalized spacial score (nSPS) is 13.8. The number of rotatable bonds is 5. The van der Waals surface area contributed by atoms with E-state index in [1.165, 1.54) is 0 Å². The molecule has 172 valence electrons. The first-order chi connectivity index (χ1) is 16.6. The number of benzene rings is 2. The topological polar surface area (TPSA) is 80.0 Å². The minimum Gasteiger partial charge on any atom is -0.338 e. The van der Waals surface area contributed by atoms with Gasteiger partial charge in [0.15, 0.2) is 11.6 Å². The Hall–Kier alpha value is -3.59. The van der Waals surface area contributed by atoms with E-state index in [0.717, 1.165) is 21.2 Å². The molecule has 8 nitrogen and oxygen atoms in total. The molecule has 0 atom stereocenters. The maximum Gasteiger partial charge on any atom is 0.244 e. The monoisotopic (exact) mass is 517 g/mol. The zero-order chi connectivity index (χ0) is 23.5. The molecule has 0 radical (unpaired) electrons. The van der Waals surface area contributed by atoms with Crippen LogP contribution in [-0.2, 0) is 11.3 Å². The molecule has 1 aliphatic heterocycles. The highest BCUT2D eigenvalue weighted by Crippen LogP contribution is 2.26. The van der Waals surface area contributed by atoms with Crippen molar-refractivity contribution < 1.29 is 4.79 Å². The Morgan fingerprint density at radius 3 is 2.38 bits per heavy atom. The molecule has 1 fully saturated rings. The van der Waals surface area contributed by atoms with Crippen LogP contribution in [-0.4, -0.2) is 61.7 Å². The molecule has 0 bridgehead atoms. The smallest absolute Gasteiger partial charge is 0.244 e. The van der Waals surface area contributed by atoms with Gasteiger partial charge in [-0.05, 0) is 36.8 Å². The van der Waals surface area contributed by atoms with Gasteiger partial charge in [-0.25, -0.2) is 19.6 Å². The number of carbonyl (C=O) groups is 1. The summed E-state index contributed by atoms with van der Waals surface area (Å²) in [5.41, 5.74) is 2.95. The van der Waals surface area contributed by atoms with E-state index in [2.05, 4.69) is 30.8 Å². The number of nitrogens with zero attached hydrogens (tertiary/aromatic N) is 7. The largest absolute Gasteiger partial charge is 0.338 e. The lowest BCUT2D eigenvalue weighted by Crippen LogP contribution is -2.50. The van der Waals surface area contributed by atoms with E-state index in [4.69, 9.17) is 10.1 Å². The summed E-state index contributed by atoms with van der Waals surface area (Å²) in [5.74, 6) is 2.01. The number of amides is 1. The van der Waals surface area contributed by atoms with E-state index in [1.54, 1.807) is 23.1 Å². The van der Waals surface area contributed by atoms with Crippen LogP contribution in [0, 0.1) is 6.92 Å². The summed E-state index contributed by atoms with van der Waals surface area (Å²) in [6.45, 7) is 4.79. The van der Waals surface area contributed by atoms with Crippen LogP contribution in [0.1, 0.15) is 5.56 Å². The predicted molar refractivity (Wildman–Crippen MR) is 134 cm³/mol. The number of aromatic nitrogens is 5. The molecule has 0 N–H and O–H groups in total. The number of halogens is 1. The molecule has 5 rings (SSSR count). The summed E-state index contributed by atoms with van der Waals surface area (Å²) in [6, 6.07) is 17.7. The Bertz CT molecular complexity index is 1290. The third-order valence-electron chi connectivity index (χ3n) is 5.87. The first-order valence-electron chi connectivity index (χ1n) is 11.1. The van der Waals surface area contributed by atoms with Crippen molar-refractivity contribution in [2.24, 2.45) is 0 Å². The van der Waals surface area contributed by atoms with Gasteiger partial charge in [0.2, 0.25) is 11.9 Å². The van der Waals surface area contributed by atoms with Crippen LogP contribution in [0.3, 0.4) is 0 Å². The molecular weight excluding hydrogens is 494 g/mol.